The number of rotatable bonds is 7. The maximum absolute atomic E-state index is 13.5. The van der Waals surface area contributed by atoms with Gasteiger partial charge in [-0.25, -0.2) is 9.18 Å². The number of nitrogens with zero attached hydrogens (tertiary/aromatic N) is 4. The van der Waals surface area contributed by atoms with Crippen LogP contribution in [0, 0.1) is 5.82 Å². The average Bonchev–Trinajstić information content (AvgIpc) is 3.17. The van der Waals surface area contributed by atoms with E-state index in [2.05, 4.69) is 32.7 Å². The summed E-state index contributed by atoms with van der Waals surface area (Å²) in [6, 6.07) is 5.62. The lowest BCUT2D eigenvalue weighted by atomic mass is 10.1. The molecule has 162 valence electrons. The number of benzene rings is 1. The summed E-state index contributed by atoms with van der Waals surface area (Å²) in [5, 5.41) is 14.0. The van der Waals surface area contributed by atoms with E-state index in [1.54, 1.807) is 19.1 Å². The summed E-state index contributed by atoms with van der Waals surface area (Å²) in [4.78, 5) is 26.0. The molecule has 1 aliphatic rings. The smallest absolute Gasteiger partial charge is 0.321 e. The van der Waals surface area contributed by atoms with Gasteiger partial charge in [-0.3, -0.25) is 19.6 Å². The summed E-state index contributed by atoms with van der Waals surface area (Å²) in [5.41, 5.74) is 0.729. The van der Waals surface area contributed by atoms with Crippen LogP contribution in [0.4, 0.5) is 9.18 Å². The molecule has 1 fully saturated rings. The molecule has 2 N–H and O–H groups in total. The quantitative estimate of drug-likeness (QED) is 0.651. The summed E-state index contributed by atoms with van der Waals surface area (Å²) < 4.78 is 15.3. The van der Waals surface area contributed by atoms with E-state index in [1.807, 2.05) is 4.57 Å². The van der Waals surface area contributed by atoms with E-state index in [1.165, 1.54) is 30.3 Å². The number of imide groups is 1. The fraction of sp³-hybridized carbons (Fsp3) is 0.500. The molecule has 1 atom stereocenters. The molecule has 0 bridgehead atoms. The van der Waals surface area contributed by atoms with Crippen molar-refractivity contribution in [3.8, 4) is 5.69 Å². The van der Waals surface area contributed by atoms with Gasteiger partial charge in [0.15, 0.2) is 11.0 Å². The highest BCUT2D eigenvalue weighted by molar-refractivity contribution is 7.99. The maximum Gasteiger partial charge on any atom is 0.321 e. The Morgan fingerprint density at radius 2 is 1.87 bits per heavy atom. The van der Waals surface area contributed by atoms with Gasteiger partial charge in [-0.15, -0.1) is 10.2 Å². The molecule has 1 aromatic carbocycles. The van der Waals surface area contributed by atoms with Crippen molar-refractivity contribution in [2.45, 2.75) is 44.3 Å². The Hall–Kier alpha value is -2.46. The van der Waals surface area contributed by atoms with Gasteiger partial charge in [0.05, 0.1) is 11.8 Å². The lowest BCUT2D eigenvalue weighted by Crippen LogP contribution is -2.40. The summed E-state index contributed by atoms with van der Waals surface area (Å²) in [6.45, 7) is 6.28. The second-order valence-electron chi connectivity index (χ2n) is 7.12. The Morgan fingerprint density at radius 1 is 1.17 bits per heavy atom. The third-order valence-corrected chi connectivity index (χ3v) is 5.91. The topological polar surface area (TPSA) is 92.2 Å². The molecule has 1 aliphatic heterocycles. The minimum atomic E-state index is -0.525. The van der Waals surface area contributed by atoms with Gasteiger partial charge in [0.1, 0.15) is 5.82 Å². The fourth-order valence-electron chi connectivity index (χ4n) is 3.44. The van der Waals surface area contributed by atoms with E-state index in [9.17, 15) is 14.0 Å². The van der Waals surface area contributed by atoms with Gasteiger partial charge in [0.2, 0.25) is 5.91 Å². The van der Waals surface area contributed by atoms with Crippen LogP contribution in [0.15, 0.2) is 29.4 Å². The van der Waals surface area contributed by atoms with Crippen molar-refractivity contribution in [1.82, 2.24) is 30.3 Å². The average molecular weight is 435 g/mol. The number of carbonyl (C=O) groups excluding carboxylic acids is 2. The standard InChI is InChI=1S/C20H27FN6O2S/c1-3-22-19(29)23-17(28)13-30-20-25-24-18(14(2)26-11-5-4-6-12-26)27(20)16-9-7-15(21)8-10-16/h7-10,14H,3-6,11-13H2,1-2H3,(H2,22,23,28,29). The fourth-order valence-corrected chi connectivity index (χ4v) is 4.20. The zero-order chi connectivity index (χ0) is 21.5. The highest BCUT2D eigenvalue weighted by Crippen LogP contribution is 2.29. The molecule has 3 rings (SSSR count). The van der Waals surface area contributed by atoms with Crippen molar-refractivity contribution < 1.29 is 14.0 Å². The molecular formula is C20H27FN6O2S. The van der Waals surface area contributed by atoms with Crippen LogP contribution in [0.1, 0.15) is 45.0 Å². The second kappa shape index (κ2) is 10.5. The number of urea groups is 1. The van der Waals surface area contributed by atoms with Crippen molar-refractivity contribution in [1.29, 1.82) is 0 Å². The van der Waals surface area contributed by atoms with Crippen LogP contribution in [-0.4, -0.2) is 57.0 Å². The van der Waals surface area contributed by atoms with Crippen LogP contribution in [-0.2, 0) is 4.79 Å². The van der Waals surface area contributed by atoms with E-state index in [0.717, 1.165) is 37.4 Å². The summed E-state index contributed by atoms with van der Waals surface area (Å²) in [7, 11) is 0. The SMILES string of the molecule is CCNC(=O)NC(=O)CSc1nnc(C(C)N2CCCCC2)n1-c1ccc(F)cc1. The van der Waals surface area contributed by atoms with Crippen LogP contribution in [0.25, 0.3) is 5.69 Å². The van der Waals surface area contributed by atoms with Crippen molar-refractivity contribution >= 4 is 23.7 Å². The lowest BCUT2D eigenvalue weighted by molar-refractivity contribution is -0.117. The van der Waals surface area contributed by atoms with Crippen molar-refractivity contribution in [2.24, 2.45) is 0 Å². The summed E-state index contributed by atoms with van der Waals surface area (Å²) >= 11 is 1.18. The first kappa shape index (κ1) is 22.2. The Labute approximate surface area is 179 Å². The van der Waals surface area contributed by atoms with Gasteiger partial charge in [0, 0.05) is 12.2 Å². The van der Waals surface area contributed by atoms with Crippen LogP contribution < -0.4 is 10.6 Å². The zero-order valence-electron chi connectivity index (χ0n) is 17.2. The minimum absolute atomic E-state index is 0.00849. The van der Waals surface area contributed by atoms with Crippen LogP contribution in [0.5, 0.6) is 0 Å². The Kier molecular flexibility index (Phi) is 7.81. The molecule has 2 heterocycles. The third-order valence-electron chi connectivity index (χ3n) is 4.98. The molecule has 2 aromatic rings. The van der Waals surface area contributed by atoms with Gasteiger partial charge >= 0.3 is 6.03 Å². The number of hydrogen-bond acceptors (Lipinski definition) is 6. The number of halogens is 1. The molecule has 3 amide bonds. The molecule has 1 saturated heterocycles. The molecular weight excluding hydrogens is 407 g/mol. The molecule has 1 unspecified atom stereocenters. The largest absolute Gasteiger partial charge is 0.338 e. The number of likely N-dealkylation sites (tertiary alicyclic amines) is 1. The molecule has 0 aliphatic carbocycles. The lowest BCUT2D eigenvalue weighted by Gasteiger charge is -2.31. The molecule has 0 saturated carbocycles. The van der Waals surface area contributed by atoms with Gasteiger partial charge in [-0.1, -0.05) is 18.2 Å². The predicted molar refractivity (Wildman–Crippen MR) is 113 cm³/mol. The van der Waals surface area contributed by atoms with Crippen LogP contribution in [0.2, 0.25) is 0 Å². The number of aromatic nitrogens is 3. The molecule has 1 aromatic heterocycles. The van der Waals surface area contributed by atoms with Gasteiger partial charge in [-0.05, 0) is 64.0 Å². The zero-order valence-corrected chi connectivity index (χ0v) is 18.0. The number of amides is 3. The minimum Gasteiger partial charge on any atom is -0.338 e. The summed E-state index contributed by atoms with van der Waals surface area (Å²) in [5.74, 6) is 0.00233. The predicted octanol–water partition coefficient (Wildman–Crippen LogP) is 2.89. The maximum atomic E-state index is 13.5. The Balaban J connectivity index is 1.82. The van der Waals surface area contributed by atoms with Crippen LogP contribution >= 0.6 is 11.8 Å². The Morgan fingerprint density at radius 3 is 2.53 bits per heavy atom. The van der Waals surface area contributed by atoms with E-state index in [-0.39, 0.29) is 17.6 Å². The van der Waals surface area contributed by atoms with Crippen molar-refractivity contribution in [3.63, 3.8) is 0 Å². The van der Waals surface area contributed by atoms with Crippen LogP contribution in [0.3, 0.4) is 0 Å². The van der Waals surface area contributed by atoms with E-state index < -0.39 is 11.9 Å². The first-order chi connectivity index (χ1) is 14.5. The highest BCUT2D eigenvalue weighted by Gasteiger charge is 2.26. The number of carbonyl (C=O) groups is 2. The van der Waals surface area contributed by atoms with E-state index in [0.29, 0.717) is 11.7 Å². The summed E-state index contributed by atoms with van der Waals surface area (Å²) in [6.07, 6.45) is 3.53. The molecule has 10 heteroatoms. The number of hydrogen-bond donors (Lipinski definition) is 2. The normalized spacial score (nSPS) is 15.6. The molecule has 0 radical (unpaired) electrons. The third kappa shape index (κ3) is 5.57. The highest BCUT2D eigenvalue weighted by atomic mass is 32.2. The number of nitrogens with one attached hydrogen (secondary N) is 2. The molecule has 8 nitrogen and oxygen atoms in total. The van der Waals surface area contributed by atoms with Gasteiger partial charge in [-0.2, -0.15) is 0 Å². The first-order valence-electron chi connectivity index (χ1n) is 10.2. The second-order valence-corrected chi connectivity index (χ2v) is 8.06. The number of thioether (sulfide) groups is 1. The van der Waals surface area contributed by atoms with E-state index >= 15 is 0 Å². The monoisotopic (exact) mass is 434 g/mol. The van der Waals surface area contributed by atoms with Gasteiger partial charge in [0.25, 0.3) is 0 Å². The van der Waals surface area contributed by atoms with Crippen molar-refractivity contribution in [3.05, 3.63) is 35.9 Å². The molecule has 0 spiro atoms. The van der Waals surface area contributed by atoms with Crippen molar-refractivity contribution in [2.75, 3.05) is 25.4 Å². The first-order valence-corrected chi connectivity index (χ1v) is 11.1. The Bertz CT molecular complexity index is 867. The van der Waals surface area contributed by atoms with E-state index in [4.69, 9.17) is 0 Å². The number of piperidine rings is 1. The molecule has 30 heavy (non-hydrogen) atoms. The van der Waals surface area contributed by atoms with Gasteiger partial charge < -0.3 is 5.32 Å².